The summed E-state index contributed by atoms with van der Waals surface area (Å²) in [5.41, 5.74) is 5.78. The number of rotatable bonds is 5. The van der Waals surface area contributed by atoms with Gasteiger partial charge in [-0.25, -0.2) is 4.39 Å². The van der Waals surface area contributed by atoms with Crippen molar-refractivity contribution in [1.82, 2.24) is 0 Å². The van der Waals surface area contributed by atoms with Crippen LogP contribution in [0.3, 0.4) is 0 Å². The molecule has 1 aliphatic carbocycles. The first kappa shape index (κ1) is 28.2. The molecular formula is C36H31FO3. The normalized spacial score (nSPS) is 15.4. The molecule has 0 radical (unpaired) electrons. The third-order valence-electron chi connectivity index (χ3n) is 6.44. The fourth-order valence-electron chi connectivity index (χ4n) is 4.44. The Morgan fingerprint density at radius 3 is 1.85 bits per heavy atom. The van der Waals surface area contributed by atoms with Crippen molar-refractivity contribution in [2.75, 3.05) is 0 Å². The Balaban J connectivity index is 0.000000194. The van der Waals surface area contributed by atoms with Crippen molar-refractivity contribution in [3.8, 4) is 0 Å². The van der Waals surface area contributed by atoms with Crippen molar-refractivity contribution in [3.05, 3.63) is 160 Å². The van der Waals surface area contributed by atoms with Gasteiger partial charge >= 0.3 is 0 Å². The minimum atomic E-state index is -0.280. The van der Waals surface area contributed by atoms with Crippen LogP contribution in [0.25, 0.3) is 17.9 Å². The molecule has 0 bridgehead atoms. The van der Waals surface area contributed by atoms with Gasteiger partial charge in [-0.05, 0) is 61.6 Å². The number of hydrogen-bond acceptors (Lipinski definition) is 3. The van der Waals surface area contributed by atoms with Gasteiger partial charge in [0.05, 0.1) is 0 Å². The van der Waals surface area contributed by atoms with Crippen molar-refractivity contribution < 1.29 is 19.1 Å². The van der Waals surface area contributed by atoms with E-state index in [1.54, 1.807) is 42.5 Å². The van der Waals surface area contributed by atoms with Crippen LogP contribution < -0.4 is 0 Å². The van der Waals surface area contributed by atoms with Crippen LogP contribution in [0.4, 0.5) is 4.39 Å². The standard InChI is InChI=1S/C21H19FO.C15H12O2/c1-15-5-2-6-16(11-15)12-18-8-4-9-19(21(18)23)13-17-7-3-10-20(22)14-17;16-14(12-7-3-1-4-8-12)11-15(17)13-9-5-2-6-10-13/h2-3,5-7,10-14H,4,8-9H2,1H3;1-11,16H/b18-12+,19-13+;14-11-. The molecule has 4 aromatic rings. The van der Waals surface area contributed by atoms with Gasteiger partial charge in [-0.2, -0.15) is 0 Å². The lowest BCUT2D eigenvalue weighted by Gasteiger charge is -2.16. The molecule has 200 valence electrons. The number of benzene rings is 4. The summed E-state index contributed by atoms with van der Waals surface area (Å²) in [5.74, 6) is -0.411. The number of ketones is 2. The lowest BCUT2D eigenvalue weighted by molar-refractivity contribution is -0.112. The smallest absolute Gasteiger partial charge is 0.189 e. The molecule has 0 saturated heterocycles. The van der Waals surface area contributed by atoms with Crippen LogP contribution in [0, 0.1) is 12.7 Å². The van der Waals surface area contributed by atoms with Gasteiger partial charge in [0, 0.05) is 28.3 Å². The highest BCUT2D eigenvalue weighted by Crippen LogP contribution is 2.28. The Kier molecular flexibility index (Phi) is 9.73. The molecule has 5 rings (SSSR count). The number of carbonyl (C=O) groups is 2. The predicted molar refractivity (Wildman–Crippen MR) is 160 cm³/mol. The van der Waals surface area contributed by atoms with E-state index in [2.05, 4.69) is 6.07 Å². The zero-order valence-corrected chi connectivity index (χ0v) is 22.4. The van der Waals surface area contributed by atoms with Gasteiger partial charge in [0.25, 0.3) is 0 Å². The van der Waals surface area contributed by atoms with Crippen LogP contribution in [0.5, 0.6) is 0 Å². The van der Waals surface area contributed by atoms with E-state index in [0.717, 1.165) is 41.5 Å². The van der Waals surface area contributed by atoms with Crippen LogP contribution in [0.1, 0.15) is 51.9 Å². The van der Waals surface area contributed by atoms with Gasteiger partial charge in [0.1, 0.15) is 11.6 Å². The Hall–Kier alpha value is -4.83. The molecule has 4 aromatic carbocycles. The third-order valence-corrected chi connectivity index (χ3v) is 6.44. The van der Waals surface area contributed by atoms with E-state index in [-0.39, 0.29) is 23.1 Å². The number of hydrogen-bond donors (Lipinski definition) is 1. The zero-order valence-electron chi connectivity index (χ0n) is 22.4. The molecule has 0 unspecified atom stereocenters. The van der Waals surface area contributed by atoms with Gasteiger partial charge in [-0.1, -0.05) is 103 Å². The summed E-state index contributed by atoms with van der Waals surface area (Å²) in [6, 6.07) is 32.3. The molecule has 0 amide bonds. The van der Waals surface area contributed by atoms with Crippen LogP contribution >= 0.6 is 0 Å². The molecule has 1 saturated carbocycles. The molecule has 0 atom stereocenters. The number of halogens is 1. The van der Waals surface area contributed by atoms with Gasteiger partial charge < -0.3 is 5.11 Å². The summed E-state index contributed by atoms with van der Waals surface area (Å²) in [6.07, 6.45) is 7.53. The Labute approximate surface area is 234 Å². The topological polar surface area (TPSA) is 54.4 Å². The molecule has 0 spiro atoms. The van der Waals surface area contributed by atoms with Crippen LogP contribution in [0.15, 0.2) is 126 Å². The second kappa shape index (κ2) is 13.8. The minimum Gasteiger partial charge on any atom is -0.507 e. The second-order valence-electron chi connectivity index (χ2n) is 9.62. The van der Waals surface area contributed by atoms with Crippen LogP contribution in [0.2, 0.25) is 0 Å². The predicted octanol–water partition coefficient (Wildman–Crippen LogP) is 8.82. The van der Waals surface area contributed by atoms with Crippen molar-refractivity contribution in [2.45, 2.75) is 26.2 Å². The zero-order chi connectivity index (χ0) is 28.3. The first-order chi connectivity index (χ1) is 19.4. The van der Waals surface area contributed by atoms with Crippen LogP contribution in [-0.4, -0.2) is 16.7 Å². The fraction of sp³-hybridized carbons (Fsp3) is 0.111. The second-order valence-corrected chi connectivity index (χ2v) is 9.62. The van der Waals surface area contributed by atoms with Gasteiger partial charge in [-0.15, -0.1) is 0 Å². The van der Waals surface area contributed by atoms with Crippen LogP contribution in [-0.2, 0) is 4.79 Å². The summed E-state index contributed by atoms with van der Waals surface area (Å²) in [6.45, 7) is 2.04. The molecule has 0 heterocycles. The third kappa shape index (κ3) is 8.08. The van der Waals surface area contributed by atoms with E-state index in [4.69, 9.17) is 0 Å². The number of aliphatic hydroxyl groups excluding tert-OH is 1. The number of carbonyl (C=O) groups excluding carboxylic acids is 2. The minimum absolute atomic E-state index is 0.0144. The van der Waals surface area contributed by atoms with E-state index in [1.807, 2.05) is 67.6 Å². The highest BCUT2D eigenvalue weighted by Gasteiger charge is 2.20. The first-order valence-electron chi connectivity index (χ1n) is 13.2. The molecular weight excluding hydrogens is 499 g/mol. The summed E-state index contributed by atoms with van der Waals surface area (Å²) in [5, 5.41) is 9.79. The Bertz CT molecular complexity index is 1500. The van der Waals surface area contributed by atoms with Gasteiger partial charge in [0.15, 0.2) is 11.6 Å². The molecule has 0 aromatic heterocycles. The maximum absolute atomic E-state index is 13.3. The fourth-order valence-corrected chi connectivity index (χ4v) is 4.44. The van der Waals surface area contributed by atoms with E-state index in [1.165, 1.54) is 23.8 Å². The largest absolute Gasteiger partial charge is 0.507 e. The average molecular weight is 531 g/mol. The molecule has 1 aliphatic rings. The van der Waals surface area contributed by atoms with Crippen molar-refractivity contribution in [1.29, 1.82) is 0 Å². The summed E-state index contributed by atoms with van der Waals surface area (Å²) in [4.78, 5) is 24.5. The lowest BCUT2D eigenvalue weighted by atomic mass is 9.87. The number of aryl methyl sites for hydroxylation is 1. The van der Waals surface area contributed by atoms with Crippen molar-refractivity contribution >= 4 is 29.5 Å². The molecule has 0 aliphatic heterocycles. The molecule has 1 fully saturated rings. The lowest BCUT2D eigenvalue weighted by Crippen LogP contribution is -2.12. The summed E-state index contributed by atoms with van der Waals surface area (Å²) in [7, 11) is 0. The summed E-state index contributed by atoms with van der Waals surface area (Å²) < 4.78 is 13.3. The Morgan fingerprint density at radius 2 is 1.27 bits per heavy atom. The first-order valence-corrected chi connectivity index (χ1v) is 13.2. The Morgan fingerprint density at radius 1 is 0.725 bits per heavy atom. The quantitative estimate of drug-likeness (QED) is 0.159. The molecule has 4 heteroatoms. The SMILES string of the molecule is Cc1cccc(/C=C2\CCC/C(=C\c3cccc(F)c3)C2=O)c1.O=C(/C=C(\O)c1ccccc1)c1ccccc1. The maximum Gasteiger partial charge on any atom is 0.189 e. The molecule has 3 nitrogen and oxygen atoms in total. The number of Topliss-reactive ketones (excluding diaryl/α,β-unsaturated/α-hetero) is 1. The monoisotopic (exact) mass is 530 g/mol. The summed E-state index contributed by atoms with van der Waals surface area (Å²) >= 11 is 0. The highest BCUT2D eigenvalue weighted by atomic mass is 19.1. The van der Waals surface area contributed by atoms with Gasteiger partial charge in [-0.3, -0.25) is 9.59 Å². The van der Waals surface area contributed by atoms with Crippen molar-refractivity contribution in [2.24, 2.45) is 0 Å². The molecule has 40 heavy (non-hydrogen) atoms. The average Bonchev–Trinajstić information content (AvgIpc) is 2.96. The van der Waals surface area contributed by atoms with Gasteiger partial charge in [0.2, 0.25) is 0 Å². The van der Waals surface area contributed by atoms with Crippen molar-refractivity contribution in [3.63, 3.8) is 0 Å². The highest BCUT2D eigenvalue weighted by molar-refractivity contribution is 6.14. The van der Waals surface area contributed by atoms with E-state index >= 15 is 0 Å². The van der Waals surface area contributed by atoms with E-state index in [9.17, 15) is 19.1 Å². The number of aliphatic hydroxyl groups is 1. The maximum atomic E-state index is 13.3. The number of allylic oxidation sites excluding steroid dienone is 3. The van der Waals surface area contributed by atoms with E-state index < -0.39 is 0 Å². The molecule has 1 N–H and O–H groups in total. The van der Waals surface area contributed by atoms with E-state index in [0.29, 0.717) is 11.1 Å².